The molecule has 3 heteroatoms. The molecule has 0 fully saturated rings. The first kappa shape index (κ1) is 23.0. The van der Waals surface area contributed by atoms with E-state index in [1.165, 1.54) is 11.1 Å². The van der Waals surface area contributed by atoms with Gasteiger partial charge in [0.1, 0.15) is 5.84 Å². The van der Waals surface area contributed by atoms with Gasteiger partial charge in [0, 0.05) is 18.2 Å². The lowest BCUT2D eigenvalue weighted by molar-refractivity contribution is 1.16. The molecule has 0 unspecified atom stereocenters. The summed E-state index contributed by atoms with van der Waals surface area (Å²) in [6.45, 7) is 0. The van der Waals surface area contributed by atoms with E-state index in [1.807, 2.05) is 67.7 Å². The normalized spacial score (nSPS) is 11.2. The minimum Gasteiger partial charge on any atom is -0.373 e. The van der Waals surface area contributed by atoms with E-state index < -0.39 is 0 Å². The second kappa shape index (κ2) is 10.7. The maximum absolute atomic E-state index is 8.70. The van der Waals surface area contributed by atoms with Gasteiger partial charge in [0.15, 0.2) is 5.84 Å². The Morgan fingerprint density at radius 3 is 1.47 bits per heavy atom. The van der Waals surface area contributed by atoms with Crippen molar-refractivity contribution in [3.63, 3.8) is 0 Å². The predicted octanol–water partition coefficient (Wildman–Crippen LogP) is 7.68. The van der Waals surface area contributed by atoms with E-state index in [0.717, 1.165) is 33.4 Å². The lowest BCUT2D eigenvalue weighted by atomic mass is 9.93. The molecule has 36 heavy (non-hydrogen) atoms. The van der Waals surface area contributed by atoms with Crippen molar-refractivity contribution < 1.29 is 0 Å². The summed E-state index contributed by atoms with van der Waals surface area (Å²) in [6.07, 6.45) is 0. The molecular formula is C33H27N3. The number of benzene rings is 5. The molecule has 5 rings (SSSR count). The molecule has 174 valence electrons. The molecular weight excluding hydrogens is 438 g/mol. The van der Waals surface area contributed by atoms with Crippen LogP contribution in [0.1, 0.15) is 11.1 Å². The fourth-order valence-corrected chi connectivity index (χ4v) is 4.27. The van der Waals surface area contributed by atoms with Crippen LogP contribution in [-0.4, -0.2) is 18.7 Å². The molecule has 0 aliphatic carbocycles. The molecule has 0 bridgehead atoms. The lowest BCUT2D eigenvalue weighted by Gasteiger charge is -2.12. The third-order valence-electron chi connectivity index (χ3n) is 6.12. The van der Waals surface area contributed by atoms with Gasteiger partial charge in [-0.1, -0.05) is 109 Å². The topological polar surface area (TPSA) is 48.2 Å². The van der Waals surface area contributed by atoms with Gasteiger partial charge in [-0.15, -0.1) is 0 Å². The summed E-state index contributed by atoms with van der Waals surface area (Å²) >= 11 is 0. The van der Waals surface area contributed by atoms with Crippen LogP contribution in [-0.2, 0) is 0 Å². The molecule has 5 aromatic rings. The summed E-state index contributed by atoms with van der Waals surface area (Å²) in [5.74, 6) is 0.885. The van der Waals surface area contributed by atoms with Crippen LogP contribution in [0.4, 0.5) is 0 Å². The molecule has 3 nitrogen and oxygen atoms in total. The second-order valence-corrected chi connectivity index (χ2v) is 8.54. The van der Waals surface area contributed by atoms with Gasteiger partial charge in [-0.3, -0.25) is 5.41 Å². The van der Waals surface area contributed by atoms with Gasteiger partial charge in [0.25, 0.3) is 0 Å². The number of rotatable bonds is 5. The number of aliphatic imine (C=N–C) groups is 1. The maximum Gasteiger partial charge on any atom is 0.154 e. The number of hydrogen-bond acceptors (Lipinski definition) is 1. The standard InChI is InChI=1S/C33H27N3/c1-35-33(26-16-9-4-10-17-26)36-32(34)28-19-11-18-27(20-28)31-22-29(24-12-5-2-6-13-24)21-30(23-31)25-14-7-3-8-15-25/h2-23H,1H3,(H2,34,35,36). The van der Waals surface area contributed by atoms with Crippen molar-refractivity contribution in [3.8, 4) is 33.4 Å². The van der Waals surface area contributed by atoms with Crippen LogP contribution in [0.15, 0.2) is 138 Å². The third kappa shape index (κ3) is 5.16. The van der Waals surface area contributed by atoms with Crippen LogP contribution in [0, 0.1) is 5.41 Å². The lowest BCUT2D eigenvalue weighted by Crippen LogP contribution is -2.21. The smallest absolute Gasteiger partial charge is 0.154 e. The molecule has 0 heterocycles. The van der Waals surface area contributed by atoms with Crippen molar-refractivity contribution in [2.45, 2.75) is 0 Å². The van der Waals surface area contributed by atoms with E-state index in [9.17, 15) is 0 Å². The SMILES string of the molecule is CN/C(=N\C(=N)c1cccc(-c2cc(-c3ccccc3)cc(-c3ccccc3)c2)c1)c1ccccc1. The van der Waals surface area contributed by atoms with Crippen LogP contribution >= 0.6 is 0 Å². The van der Waals surface area contributed by atoms with Crippen LogP contribution in [0.2, 0.25) is 0 Å². The molecule has 0 aliphatic heterocycles. The molecule has 0 aromatic heterocycles. The van der Waals surface area contributed by atoms with Gasteiger partial charge >= 0.3 is 0 Å². The first-order chi connectivity index (χ1) is 17.7. The van der Waals surface area contributed by atoms with Gasteiger partial charge < -0.3 is 5.32 Å². The minimum absolute atomic E-state index is 0.215. The summed E-state index contributed by atoms with van der Waals surface area (Å²) in [5.41, 5.74) is 8.53. The van der Waals surface area contributed by atoms with Crippen molar-refractivity contribution >= 4 is 11.7 Å². The van der Waals surface area contributed by atoms with Gasteiger partial charge in [0.05, 0.1) is 0 Å². The Hall–Kier alpha value is -4.76. The van der Waals surface area contributed by atoms with Crippen LogP contribution in [0.25, 0.3) is 33.4 Å². The Kier molecular flexibility index (Phi) is 6.81. The third-order valence-corrected chi connectivity index (χ3v) is 6.12. The average Bonchev–Trinajstić information content (AvgIpc) is 2.97. The molecule has 2 N–H and O–H groups in total. The van der Waals surface area contributed by atoms with E-state index in [4.69, 9.17) is 5.41 Å². The van der Waals surface area contributed by atoms with Gasteiger partial charge in [0.2, 0.25) is 0 Å². The van der Waals surface area contributed by atoms with E-state index in [0.29, 0.717) is 5.84 Å². The Morgan fingerprint density at radius 2 is 0.944 bits per heavy atom. The van der Waals surface area contributed by atoms with Gasteiger partial charge in [-0.25, -0.2) is 4.99 Å². The predicted molar refractivity (Wildman–Crippen MR) is 152 cm³/mol. The summed E-state index contributed by atoms with van der Waals surface area (Å²) in [7, 11) is 1.83. The summed E-state index contributed by atoms with van der Waals surface area (Å²) in [6, 6.07) is 45.5. The first-order valence-electron chi connectivity index (χ1n) is 12.0. The molecule has 0 spiro atoms. The number of nitrogens with zero attached hydrogens (tertiary/aromatic N) is 1. The monoisotopic (exact) mass is 465 g/mol. The zero-order chi connectivity index (χ0) is 24.7. The highest BCUT2D eigenvalue weighted by Gasteiger charge is 2.10. The Labute approximate surface area is 212 Å². The Morgan fingerprint density at radius 1 is 0.500 bits per heavy atom. The molecule has 0 radical (unpaired) electrons. The zero-order valence-corrected chi connectivity index (χ0v) is 20.1. The first-order valence-corrected chi connectivity index (χ1v) is 12.0. The van der Waals surface area contributed by atoms with Crippen LogP contribution < -0.4 is 5.32 Å². The van der Waals surface area contributed by atoms with Gasteiger partial charge in [-0.05, 0) is 57.6 Å². The van der Waals surface area contributed by atoms with Crippen molar-refractivity contribution in [2.24, 2.45) is 4.99 Å². The van der Waals surface area contributed by atoms with Crippen LogP contribution in [0.3, 0.4) is 0 Å². The summed E-state index contributed by atoms with van der Waals surface area (Å²) in [4.78, 5) is 4.59. The van der Waals surface area contributed by atoms with E-state index >= 15 is 0 Å². The molecule has 0 amide bonds. The molecule has 0 saturated carbocycles. The zero-order valence-electron chi connectivity index (χ0n) is 20.1. The van der Waals surface area contributed by atoms with E-state index in [1.54, 1.807) is 0 Å². The molecule has 5 aromatic carbocycles. The number of nitrogens with one attached hydrogen (secondary N) is 2. The van der Waals surface area contributed by atoms with Crippen molar-refractivity contribution in [1.82, 2.24) is 5.32 Å². The number of hydrogen-bond donors (Lipinski definition) is 2. The Balaban J connectivity index is 1.56. The Bertz CT molecular complexity index is 1450. The summed E-state index contributed by atoms with van der Waals surface area (Å²) in [5, 5.41) is 11.8. The van der Waals surface area contributed by atoms with Crippen molar-refractivity contribution in [1.29, 1.82) is 5.41 Å². The molecule has 0 saturated heterocycles. The fraction of sp³-hybridized carbons (Fsp3) is 0.0303. The van der Waals surface area contributed by atoms with Crippen molar-refractivity contribution in [3.05, 3.63) is 145 Å². The summed E-state index contributed by atoms with van der Waals surface area (Å²) < 4.78 is 0. The maximum atomic E-state index is 8.70. The highest BCUT2D eigenvalue weighted by molar-refractivity contribution is 6.10. The average molecular weight is 466 g/mol. The fourth-order valence-electron chi connectivity index (χ4n) is 4.27. The minimum atomic E-state index is 0.215. The van der Waals surface area contributed by atoms with E-state index in [-0.39, 0.29) is 5.84 Å². The van der Waals surface area contributed by atoms with Crippen LogP contribution in [0.5, 0.6) is 0 Å². The highest BCUT2D eigenvalue weighted by Crippen LogP contribution is 2.33. The highest BCUT2D eigenvalue weighted by atomic mass is 15.0. The van der Waals surface area contributed by atoms with Crippen molar-refractivity contribution in [2.75, 3.05) is 7.05 Å². The second-order valence-electron chi connectivity index (χ2n) is 8.54. The quantitative estimate of drug-likeness (QED) is 0.203. The van der Waals surface area contributed by atoms with Gasteiger partial charge in [-0.2, -0.15) is 0 Å². The molecule has 0 aliphatic rings. The molecule has 0 atom stereocenters. The number of amidine groups is 2. The van der Waals surface area contributed by atoms with E-state index in [2.05, 4.69) is 83.1 Å². The largest absolute Gasteiger partial charge is 0.373 e.